The van der Waals surface area contributed by atoms with Gasteiger partial charge in [-0.2, -0.15) is 23.3 Å². The van der Waals surface area contributed by atoms with Gasteiger partial charge in [0.2, 0.25) is 5.88 Å². The number of halogens is 3. The largest absolute Gasteiger partial charge is 0.609 e. The van der Waals surface area contributed by atoms with Gasteiger partial charge in [-0.05, 0) is 68.7 Å². The van der Waals surface area contributed by atoms with E-state index in [1.807, 2.05) is 18.2 Å². The standard InChI is InChI=1S/C19H35N.C16H14F3N3O2S.C5H4N4O/c1-3-9-16(10-4-1)19(17-11-5-2-6-12-17)15-18-13-7-8-14-20-18;1-10-13(20-7-6-14(10)24-9-16(17,18)19)8-25(23)15-21-11-4-2-3-5-12(11)22-15;10-5-3-1-8-9-4(3)6-2-7-5/h16-20H,1-15H2;2-7H,8-9H2,1H3,(H,21,22);1-2H,(H2,6,7,8,9,10). The summed E-state index contributed by atoms with van der Waals surface area (Å²) in [5, 5.41) is 20.0. The van der Waals surface area contributed by atoms with Crippen molar-refractivity contribution in [2.45, 2.75) is 120 Å². The van der Waals surface area contributed by atoms with Gasteiger partial charge in [0.1, 0.15) is 17.5 Å². The van der Waals surface area contributed by atoms with Crippen LogP contribution in [-0.4, -0.2) is 70.1 Å². The van der Waals surface area contributed by atoms with Crippen LogP contribution in [0, 0.1) is 24.7 Å². The molecule has 8 rings (SSSR count). The number of benzene rings is 1. The minimum Gasteiger partial charge on any atom is -0.609 e. The van der Waals surface area contributed by atoms with Crippen LogP contribution < -0.4 is 10.1 Å². The number of ether oxygens (including phenoxy) is 1. The molecule has 2 aliphatic carbocycles. The van der Waals surface area contributed by atoms with Crippen LogP contribution in [0.1, 0.15) is 101 Å². The summed E-state index contributed by atoms with van der Waals surface area (Å²) >= 11 is -1.51. The van der Waals surface area contributed by atoms with Gasteiger partial charge in [-0.3, -0.25) is 15.1 Å². The van der Waals surface area contributed by atoms with Gasteiger partial charge in [0.05, 0.1) is 22.9 Å². The van der Waals surface area contributed by atoms with Crippen LogP contribution in [-0.2, 0) is 16.9 Å². The molecular formula is C40H53F3N8O3S. The molecule has 11 nitrogen and oxygen atoms in total. The van der Waals surface area contributed by atoms with Crippen LogP contribution in [0.15, 0.2) is 54.2 Å². The number of aromatic hydroxyl groups is 1. The minimum absolute atomic E-state index is 0.0227. The van der Waals surface area contributed by atoms with Crippen molar-refractivity contribution < 1.29 is 27.6 Å². The Morgan fingerprint density at radius 2 is 1.64 bits per heavy atom. The molecule has 4 N–H and O–H groups in total. The molecule has 4 aromatic heterocycles. The van der Waals surface area contributed by atoms with E-state index in [9.17, 15) is 17.7 Å². The van der Waals surface area contributed by atoms with Crippen LogP contribution >= 0.6 is 0 Å². The summed E-state index contributed by atoms with van der Waals surface area (Å²) in [5.74, 6) is 3.27. The third-order valence-corrected chi connectivity index (χ3v) is 12.4. The van der Waals surface area contributed by atoms with E-state index in [2.05, 4.69) is 40.4 Å². The highest BCUT2D eigenvalue weighted by Crippen LogP contribution is 2.42. The van der Waals surface area contributed by atoms with Crippen molar-refractivity contribution in [1.29, 1.82) is 0 Å². The van der Waals surface area contributed by atoms with E-state index in [-0.39, 0.29) is 17.4 Å². The first-order valence-electron chi connectivity index (χ1n) is 19.7. The lowest BCUT2D eigenvalue weighted by atomic mass is 9.67. The third kappa shape index (κ3) is 11.8. The molecule has 1 aromatic carbocycles. The van der Waals surface area contributed by atoms with Crippen LogP contribution in [0.5, 0.6) is 11.6 Å². The molecular weight excluding hydrogens is 730 g/mol. The quantitative estimate of drug-likeness (QED) is 0.107. The summed E-state index contributed by atoms with van der Waals surface area (Å²) in [7, 11) is 0. The molecule has 5 heterocycles. The number of nitrogens with zero attached hydrogens (tertiary/aromatic N) is 5. The second kappa shape index (κ2) is 19.8. The van der Waals surface area contributed by atoms with Gasteiger partial charge in [0, 0.05) is 29.0 Å². The summed E-state index contributed by atoms with van der Waals surface area (Å²) in [4.78, 5) is 18.7. The molecule has 2 saturated carbocycles. The summed E-state index contributed by atoms with van der Waals surface area (Å²) in [5.41, 5.74) is 2.83. The third-order valence-electron chi connectivity index (χ3n) is 11.2. The smallest absolute Gasteiger partial charge is 0.422 e. The average molecular weight is 783 g/mol. The van der Waals surface area contributed by atoms with Crippen LogP contribution in [0.3, 0.4) is 0 Å². The molecule has 3 aliphatic rings. The van der Waals surface area contributed by atoms with E-state index < -0.39 is 24.0 Å². The van der Waals surface area contributed by atoms with Crippen molar-refractivity contribution in [2.75, 3.05) is 13.2 Å². The predicted octanol–water partition coefficient (Wildman–Crippen LogP) is 8.87. The Kier molecular flexibility index (Phi) is 14.6. The second-order valence-electron chi connectivity index (χ2n) is 15.0. The highest BCUT2D eigenvalue weighted by molar-refractivity contribution is 7.90. The maximum atomic E-state index is 12.5. The number of rotatable bonds is 9. The first-order chi connectivity index (χ1) is 26.6. The zero-order valence-electron chi connectivity index (χ0n) is 31.5. The van der Waals surface area contributed by atoms with E-state index in [0.717, 1.165) is 29.3 Å². The number of hydrogen-bond acceptors (Lipinski definition) is 9. The van der Waals surface area contributed by atoms with E-state index in [1.54, 1.807) is 38.7 Å². The predicted molar refractivity (Wildman–Crippen MR) is 207 cm³/mol. The molecule has 1 aliphatic heterocycles. The van der Waals surface area contributed by atoms with Crippen LogP contribution in [0.2, 0.25) is 0 Å². The molecule has 55 heavy (non-hydrogen) atoms. The number of imidazole rings is 1. The van der Waals surface area contributed by atoms with Crippen molar-refractivity contribution in [2.24, 2.45) is 17.8 Å². The minimum atomic E-state index is -4.42. The Bertz CT molecular complexity index is 1850. The lowest BCUT2D eigenvalue weighted by molar-refractivity contribution is -0.153. The van der Waals surface area contributed by atoms with Crippen molar-refractivity contribution in [3.05, 3.63) is 60.3 Å². The van der Waals surface area contributed by atoms with Gasteiger partial charge >= 0.3 is 11.3 Å². The van der Waals surface area contributed by atoms with Gasteiger partial charge in [0.15, 0.2) is 18.0 Å². The fraction of sp³-hybridized carbons (Fsp3) is 0.575. The number of para-hydroxylation sites is 2. The number of aromatic amines is 2. The second-order valence-corrected chi connectivity index (χ2v) is 16.4. The zero-order chi connectivity index (χ0) is 38.6. The summed E-state index contributed by atoms with van der Waals surface area (Å²) < 4.78 is 54.2. The van der Waals surface area contributed by atoms with Crippen molar-refractivity contribution >= 4 is 33.2 Å². The first kappa shape index (κ1) is 40.7. The number of alkyl halides is 3. The molecule has 2 atom stereocenters. The van der Waals surface area contributed by atoms with E-state index in [0.29, 0.717) is 33.0 Å². The Balaban J connectivity index is 0.000000152. The number of pyridine rings is 1. The average Bonchev–Trinajstić information content (AvgIpc) is 3.88. The molecule has 0 bridgehead atoms. The summed E-state index contributed by atoms with van der Waals surface area (Å²) in [6.07, 6.45) is 20.8. The lowest BCUT2D eigenvalue weighted by Crippen LogP contribution is -2.39. The zero-order valence-corrected chi connectivity index (χ0v) is 32.3. The summed E-state index contributed by atoms with van der Waals surface area (Å²) in [6.45, 7) is 1.49. The van der Waals surface area contributed by atoms with Crippen molar-refractivity contribution in [3.63, 3.8) is 0 Å². The molecule has 298 valence electrons. The van der Waals surface area contributed by atoms with E-state index >= 15 is 0 Å². The van der Waals surface area contributed by atoms with Gasteiger partial charge in [-0.1, -0.05) is 82.8 Å². The maximum Gasteiger partial charge on any atom is 0.422 e. The van der Waals surface area contributed by atoms with Gasteiger partial charge in [0.25, 0.3) is 0 Å². The van der Waals surface area contributed by atoms with Gasteiger partial charge in [-0.15, -0.1) is 0 Å². The SMILES string of the molecule is C1CCC(C(CC2CCCCN2)C2CCCCC2)CC1.Cc1c(OCC(F)(F)F)ccnc1C[S+]([O-])c1nc2ccccc2[nH]1.Oc1ncnc2[nH]ncc12. The number of aromatic nitrogens is 7. The molecule has 2 unspecified atom stereocenters. The highest BCUT2D eigenvalue weighted by atomic mass is 32.2. The molecule has 3 fully saturated rings. The van der Waals surface area contributed by atoms with Crippen molar-refractivity contribution in [1.82, 2.24) is 40.4 Å². The molecule has 0 amide bonds. The molecule has 0 radical (unpaired) electrons. The fourth-order valence-corrected chi connectivity index (χ4v) is 9.45. The Morgan fingerprint density at radius 1 is 0.927 bits per heavy atom. The van der Waals surface area contributed by atoms with E-state index in [1.165, 1.54) is 95.5 Å². The van der Waals surface area contributed by atoms with Crippen LogP contribution in [0.4, 0.5) is 13.2 Å². The maximum absolute atomic E-state index is 12.5. The lowest BCUT2D eigenvalue weighted by Gasteiger charge is -2.40. The monoisotopic (exact) mass is 782 g/mol. The number of nitrogens with one attached hydrogen (secondary N) is 3. The van der Waals surface area contributed by atoms with Gasteiger partial charge < -0.3 is 19.7 Å². The normalized spacial score (nSPS) is 19.1. The highest BCUT2D eigenvalue weighted by Gasteiger charge is 2.33. The molecule has 0 spiro atoms. The topological polar surface area (TPSA) is 161 Å². The summed E-state index contributed by atoms with van der Waals surface area (Å²) in [6, 6.07) is 9.48. The molecule has 15 heteroatoms. The van der Waals surface area contributed by atoms with Gasteiger partial charge in [-0.25, -0.2) is 9.97 Å². The number of piperidine rings is 1. The number of hydrogen-bond donors (Lipinski definition) is 4. The molecule has 5 aromatic rings. The molecule has 1 saturated heterocycles. The Labute approximate surface area is 323 Å². The number of fused-ring (bicyclic) bond motifs is 2. The fourth-order valence-electron chi connectivity index (χ4n) is 8.35. The number of H-pyrrole nitrogens is 2. The Hall–Kier alpha value is -3.95. The first-order valence-corrected chi connectivity index (χ1v) is 21.0. The van der Waals surface area contributed by atoms with Crippen molar-refractivity contribution in [3.8, 4) is 11.6 Å². The van der Waals surface area contributed by atoms with E-state index in [4.69, 9.17) is 9.84 Å². The Morgan fingerprint density at radius 3 is 2.29 bits per heavy atom. The van der Waals surface area contributed by atoms with Crippen LogP contribution in [0.25, 0.3) is 22.1 Å².